The molecule has 1 N–H and O–H groups in total. The highest BCUT2D eigenvalue weighted by Gasteiger charge is 2.06. The molecular weight excluding hydrogens is 228 g/mol. The van der Waals surface area contributed by atoms with Gasteiger partial charge in [0.15, 0.2) is 5.78 Å². The lowest BCUT2D eigenvalue weighted by atomic mass is 10.1. The van der Waals surface area contributed by atoms with Gasteiger partial charge in [-0.15, -0.1) is 0 Å². The molecule has 0 unspecified atom stereocenters. The number of carbonyl (C=O) groups is 1. The summed E-state index contributed by atoms with van der Waals surface area (Å²) in [7, 11) is 0. The molecule has 0 aliphatic rings. The summed E-state index contributed by atoms with van der Waals surface area (Å²) >= 11 is 0. The molecule has 2 aromatic rings. The molecular formula is C14H14N2O2. The minimum absolute atomic E-state index is 0.00811. The van der Waals surface area contributed by atoms with Crippen molar-refractivity contribution in [3.8, 4) is 5.75 Å². The van der Waals surface area contributed by atoms with E-state index < -0.39 is 0 Å². The predicted molar refractivity (Wildman–Crippen MR) is 69.4 cm³/mol. The van der Waals surface area contributed by atoms with Crippen molar-refractivity contribution in [1.82, 2.24) is 9.78 Å². The summed E-state index contributed by atoms with van der Waals surface area (Å²) in [6, 6.07) is 8.31. The molecule has 4 nitrogen and oxygen atoms in total. The van der Waals surface area contributed by atoms with Gasteiger partial charge in [0, 0.05) is 12.7 Å². The van der Waals surface area contributed by atoms with Gasteiger partial charge in [0.25, 0.3) is 0 Å². The molecule has 0 aliphatic carbocycles. The zero-order valence-corrected chi connectivity index (χ0v) is 10.1. The molecule has 0 saturated heterocycles. The number of carbonyl (C=O) groups excluding carboxylic acids is 1. The Morgan fingerprint density at radius 2 is 2.17 bits per heavy atom. The predicted octanol–water partition coefficient (Wildman–Crippen LogP) is 2.50. The number of allylic oxidation sites excluding steroid dienone is 1. The van der Waals surface area contributed by atoms with Crippen LogP contribution in [-0.4, -0.2) is 20.7 Å². The number of hydrogen-bond acceptors (Lipinski definition) is 3. The first kappa shape index (κ1) is 12.1. The van der Waals surface area contributed by atoms with Gasteiger partial charge in [-0.3, -0.25) is 9.48 Å². The van der Waals surface area contributed by atoms with E-state index in [1.807, 2.05) is 19.2 Å². The maximum atomic E-state index is 11.8. The summed E-state index contributed by atoms with van der Waals surface area (Å²) in [6.07, 6.45) is 4.91. The number of aryl methyl sites for hydroxylation is 1. The van der Waals surface area contributed by atoms with Crippen molar-refractivity contribution in [2.45, 2.75) is 13.5 Å². The highest BCUT2D eigenvalue weighted by Crippen LogP contribution is 2.16. The Hall–Kier alpha value is -2.36. The maximum Gasteiger partial charge on any atom is 0.189 e. The molecule has 1 aromatic carbocycles. The van der Waals surface area contributed by atoms with Crippen molar-refractivity contribution in [2.75, 3.05) is 0 Å². The van der Waals surface area contributed by atoms with Gasteiger partial charge in [-0.25, -0.2) is 0 Å². The minimum Gasteiger partial charge on any atom is -0.507 e. The van der Waals surface area contributed by atoms with Crippen LogP contribution in [-0.2, 0) is 6.54 Å². The van der Waals surface area contributed by atoms with Crippen LogP contribution in [0, 0.1) is 0 Å². The number of aromatic hydroxyl groups is 1. The summed E-state index contributed by atoms with van der Waals surface area (Å²) in [5.74, 6) is -0.245. The maximum absolute atomic E-state index is 11.8. The largest absolute Gasteiger partial charge is 0.507 e. The van der Waals surface area contributed by atoms with Crippen LogP contribution in [0.25, 0.3) is 6.08 Å². The first-order chi connectivity index (χ1) is 8.70. The molecule has 1 aromatic heterocycles. The third-order valence-electron chi connectivity index (χ3n) is 2.56. The molecule has 92 valence electrons. The van der Waals surface area contributed by atoms with E-state index >= 15 is 0 Å². The zero-order valence-electron chi connectivity index (χ0n) is 10.1. The Kier molecular flexibility index (Phi) is 3.57. The second-order valence-corrected chi connectivity index (χ2v) is 3.81. The van der Waals surface area contributed by atoms with Crippen LogP contribution in [0.1, 0.15) is 23.0 Å². The molecule has 0 fully saturated rings. The smallest absolute Gasteiger partial charge is 0.189 e. The average molecular weight is 242 g/mol. The molecule has 0 amide bonds. The fraction of sp³-hybridized carbons (Fsp3) is 0.143. The molecule has 0 atom stereocenters. The highest BCUT2D eigenvalue weighted by atomic mass is 16.3. The summed E-state index contributed by atoms with van der Waals surface area (Å²) in [6.45, 7) is 2.79. The molecule has 0 aliphatic heterocycles. The van der Waals surface area contributed by atoms with Crippen molar-refractivity contribution in [3.05, 3.63) is 53.9 Å². The van der Waals surface area contributed by atoms with Gasteiger partial charge in [-0.1, -0.05) is 12.1 Å². The standard InChI is InChI=1S/C14H14N2O2/c1-2-16-10-9-11(15-16)7-8-14(18)12-5-3-4-6-13(12)17/h3-10,17H,2H2,1H3/b8-7+. The summed E-state index contributed by atoms with van der Waals surface area (Å²) in [4.78, 5) is 11.8. The summed E-state index contributed by atoms with van der Waals surface area (Å²) in [5, 5.41) is 13.8. The fourth-order valence-corrected chi connectivity index (χ4v) is 1.58. The lowest BCUT2D eigenvalue weighted by molar-refractivity contribution is 0.104. The Morgan fingerprint density at radius 1 is 1.39 bits per heavy atom. The van der Waals surface area contributed by atoms with E-state index in [1.54, 1.807) is 29.0 Å². The van der Waals surface area contributed by atoms with Crippen molar-refractivity contribution in [1.29, 1.82) is 0 Å². The third kappa shape index (κ3) is 2.66. The van der Waals surface area contributed by atoms with Crippen molar-refractivity contribution in [2.24, 2.45) is 0 Å². The lowest BCUT2D eigenvalue weighted by Gasteiger charge is -1.98. The van der Waals surface area contributed by atoms with Gasteiger partial charge in [0.2, 0.25) is 0 Å². The number of phenolic OH excluding ortho intramolecular Hbond substituents is 1. The van der Waals surface area contributed by atoms with Crippen molar-refractivity contribution >= 4 is 11.9 Å². The number of rotatable bonds is 4. The van der Waals surface area contributed by atoms with Crippen molar-refractivity contribution < 1.29 is 9.90 Å². The van der Waals surface area contributed by atoms with Gasteiger partial charge in [0.05, 0.1) is 11.3 Å². The number of hydrogen-bond donors (Lipinski definition) is 1. The molecule has 2 rings (SSSR count). The van der Waals surface area contributed by atoms with Gasteiger partial charge < -0.3 is 5.11 Å². The Morgan fingerprint density at radius 3 is 2.83 bits per heavy atom. The van der Waals surface area contributed by atoms with E-state index in [0.29, 0.717) is 5.56 Å². The van der Waals surface area contributed by atoms with Crippen LogP contribution in [0.3, 0.4) is 0 Å². The molecule has 4 heteroatoms. The van der Waals surface area contributed by atoms with Crippen LogP contribution >= 0.6 is 0 Å². The van der Waals surface area contributed by atoms with Crippen LogP contribution in [0.15, 0.2) is 42.6 Å². The van der Waals surface area contributed by atoms with Crippen LogP contribution in [0.5, 0.6) is 5.75 Å². The van der Waals surface area contributed by atoms with E-state index in [2.05, 4.69) is 5.10 Å². The lowest BCUT2D eigenvalue weighted by Crippen LogP contribution is -1.95. The molecule has 0 spiro atoms. The monoisotopic (exact) mass is 242 g/mol. The fourth-order valence-electron chi connectivity index (χ4n) is 1.58. The summed E-state index contributed by atoms with van der Waals surface area (Å²) < 4.78 is 1.78. The topological polar surface area (TPSA) is 55.1 Å². The second-order valence-electron chi connectivity index (χ2n) is 3.81. The van der Waals surface area contributed by atoms with E-state index in [0.717, 1.165) is 12.2 Å². The van der Waals surface area contributed by atoms with E-state index in [9.17, 15) is 9.90 Å². The highest BCUT2D eigenvalue weighted by molar-refractivity contribution is 6.08. The normalized spacial score (nSPS) is 10.9. The van der Waals surface area contributed by atoms with Crippen LogP contribution in [0.2, 0.25) is 0 Å². The SMILES string of the molecule is CCn1ccc(/C=C/C(=O)c2ccccc2O)n1. The number of para-hydroxylation sites is 1. The van der Waals surface area contributed by atoms with Gasteiger partial charge >= 0.3 is 0 Å². The number of ketones is 1. The average Bonchev–Trinajstić information content (AvgIpc) is 2.84. The van der Waals surface area contributed by atoms with Crippen LogP contribution in [0.4, 0.5) is 0 Å². The first-order valence-electron chi connectivity index (χ1n) is 5.74. The molecule has 0 bridgehead atoms. The third-order valence-corrected chi connectivity index (χ3v) is 2.56. The zero-order chi connectivity index (χ0) is 13.0. The van der Waals surface area contributed by atoms with Gasteiger partial charge in [-0.2, -0.15) is 5.10 Å². The second kappa shape index (κ2) is 5.31. The van der Waals surface area contributed by atoms with Crippen LogP contribution < -0.4 is 0 Å². The number of nitrogens with zero attached hydrogens (tertiary/aromatic N) is 2. The first-order valence-corrected chi connectivity index (χ1v) is 5.74. The molecule has 0 radical (unpaired) electrons. The number of aromatic nitrogens is 2. The quantitative estimate of drug-likeness (QED) is 0.662. The van der Waals surface area contributed by atoms with E-state index in [-0.39, 0.29) is 11.5 Å². The van der Waals surface area contributed by atoms with E-state index in [1.165, 1.54) is 12.1 Å². The Labute approximate surface area is 105 Å². The Bertz CT molecular complexity index is 585. The van der Waals surface area contributed by atoms with Gasteiger partial charge in [0.1, 0.15) is 5.75 Å². The molecule has 1 heterocycles. The number of benzene rings is 1. The minimum atomic E-state index is -0.237. The van der Waals surface area contributed by atoms with Gasteiger partial charge in [-0.05, 0) is 37.3 Å². The van der Waals surface area contributed by atoms with E-state index in [4.69, 9.17) is 0 Å². The molecule has 18 heavy (non-hydrogen) atoms. The van der Waals surface area contributed by atoms with Crippen molar-refractivity contribution in [3.63, 3.8) is 0 Å². The summed E-state index contributed by atoms with van der Waals surface area (Å²) in [5.41, 5.74) is 1.02. The Balaban J connectivity index is 2.14. The number of phenols is 1. The molecule has 0 saturated carbocycles.